The van der Waals surface area contributed by atoms with Crippen LogP contribution in [0.2, 0.25) is 0 Å². The third kappa shape index (κ3) is 5.29. The van der Waals surface area contributed by atoms with Gasteiger partial charge in [-0.25, -0.2) is 9.59 Å². The topological polar surface area (TPSA) is 107 Å². The number of hydrogen-bond acceptors (Lipinski definition) is 5. The molecule has 3 atom stereocenters. The van der Waals surface area contributed by atoms with Gasteiger partial charge in [0.2, 0.25) is 5.91 Å². The van der Waals surface area contributed by atoms with E-state index in [-0.39, 0.29) is 5.41 Å². The molecule has 0 aromatic rings. The van der Waals surface area contributed by atoms with Gasteiger partial charge in [-0.05, 0) is 32.1 Å². The first kappa shape index (κ1) is 21.4. The Morgan fingerprint density at radius 2 is 1.70 bits per heavy atom. The first-order valence-corrected chi connectivity index (χ1v) is 9.44. The molecule has 2 bridgehead atoms. The molecule has 152 valence electrons. The normalized spacial score (nSPS) is 29.8. The number of carbonyl (C=O) groups excluding carboxylic acids is 1. The van der Waals surface area contributed by atoms with Gasteiger partial charge in [0.25, 0.3) is 0 Å². The number of allylic oxidation sites excluding steroid dienone is 2. The summed E-state index contributed by atoms with van der Waals surface area (Å²) in [6.07, 6.45) is 9.81. The van der Waals surface area contributed by atoms with Crippen LogP contribution in [0, 0.1) is 5.41 Å². The van der Waals surface area contributed by atoms with E-state index in [4.69, 9.17) is 24.5 Å². The van der Waals surface area contributed by atoms with Crippen LogP contribution in [-0.2, 0) is 19.1 Å². The van der Waals surface area contributed by atoms with Gasteiger partial charge in [-0.1, -0.05) is 19.1 Å². The largest absolute Gasteiger partial charge is 0.473 e. The molecule has 2 saturated heterocycles. The van der Waals surface area contributed by atoms with E-state index in [0.717, 1.165) is 45.5 Å². The predicted octanol–water partition coefficient (Wildman–Crippen LogP) is 1.21. The molecule has 0 aromatic heterocycles. The highest BCUT2D eigenvalue weighted by Gasteiger charge is 2.44. The molecular formula is C19H30N2O6. The standard InChI is InChI=1S/C17H28N2O2.C2H2O4/c1-17(8-4-3-5-9-17)16(20)18-12-14-6-7-15(13-18)19(14)10-11-21-2;3-1(4)2(5)6/h3-4,14-15H,5-13H2,1-2H3;(H,3,4)(H,5,6). The summed E-state index contributed by atoms with van der Waals surface area (Å²) in [6.45, 7) is 5.78. The van der Waals surface area contributed by atoms with Crippen molar-refractivity contribution in [1.82, 2.24) is 9.80 Å². The molecule has 0 radical (unpaired) electrons. The first-order valence-electron chi connectivity index (χ1n) is 9.44. The molecular weight excluding hydrogens is 352 g/mol. The fourth-order valence-electron chi connectivity index (χ4n) is 4.26. The summed E-state index contributed by atoms with van der Waals surface area (Å²) in [7, 11) is 1.76. The van der Waals surface area contributed by atoms with Crippen molar-refractivity contribution in [2.45, 2.75) is 51.1 Å². The van der Waals surface area contributed by atoms with Crippen molar-refractivity contribution >= 4 is 17.8 Å². The van der Waals surface area contributed by atoms with Gasteiger partial charge >= 0.3 is 11.9 Å². The average Bonchev–Trinajstić information content (AvgIpc) is 2.87. The lowest BCUT2D eigenvalue weighted by Crippen LogP contribution is -2.58. The number of aliphatic carboxylic acids is 2. The lowest BCUT2D eigenvalue weighted by atomic mass is 9.77. The van der Waals surface area contributed by atoms with Crippen LogP contribution < -0.4 is 0 Å². The van der Waals surface area contributed by atoms with Gasteiger partial charge in [0.05, 0.1) is 12.0 Å². The van der Waals surface area contributed by atoms with Gasteiger partial charge in [0.15, 0.2) is 0 Å². The highest BCUT2D eigenvalue weighted by Crippen LogP contribution is 2.37. The summed E-state index contributed by atoms with van der Waals surface area (Å²) < 4.78 is 5.22. The van der Waals surface area contributed by atoms with Crippen molar-refractivity contribution in [3.8, 4) is 0 Å². The minimum Gasteiger partial charge on any atom is -0.473 e. The molecule has 2 N–H and O–H groups in total. The molecule has 3 unspecified atom stereocenters. The Hall–Kier alpha value is -1.93. The molecule has 0 spiro atoms. The number of piperazine rings is 1. The Kier molecular flexibility index (Phi) is 7.38. The molecule has 27 heavy (non-hydrogen) atoms. The van der Waals surface area contributed by atoms with Crippen molar-refractivity contribution < 1.29 is 29.3 Å². The van der Waals surface area contributed by atoms with Crippen molar-refractivity contribution in [2.75, 3.05) is 33.4 Å². The zero-order chi connectivity index (χ0) is 20.0. The van der Waals surface area contributed by atoms with Crippen LogP contribution in [0.5, 0.6) is 0 Å². The third-order valence-electron chi connectivity index (χ3n) is 5.77. The number of likely N-dealkylation sites (tertiary alicyclic amines) is 1. The number of hydrogen-bond donors (Lipinski definition) is 2. The number of carboxylic acids is 2. The van der Waals surface area contributed by atoms with E-state index in [9.17, 15) is 4.79 Å². The number of nitrogens with zero attached hydrogens (tertiary/aromatic N) is 2. The summed E-state index contributed by atoms with van der Waals surface area (Å²) in [4.78, 5) is 35.9. The van der Waals surface area contributed by atoms with Gasteiger partial charge in [-0.2, -0.15) is 0 Å². The fraction of sp³-hybridized carbons (Fsp3) is 0.737. The number of ether oxygens (including phenoxy) is 1. The molecule has 3 rings (SSSR count). The first-order chi connectivity index (χ1) is 12.8. The van der Waals surface area contributed by atoms with Crippen LogP contribution in [0.1, 0.15) is 39.0 Å². The molecule has 1 amide bonds. The van der Waals surface area contributed by atoms with E-state index in [0.29, 0.717) is 18.0 Å². The Morgan fingerprint density at radius 1 is 1.11 bits per heavy atom. The smallest absolute Gasteiger partial charge is 0.414 e. The van der Waals surface area contributed by atoms with E-state index < -0.39 is 11.9 Å². The molecule has 2 heterocycles. The highest BCUT2D eigenvalue weighted by molar-refractivity contribution is 6.27. The minimum atomic E-state index is -1.82. The summed E-state index contributed by atoms with van der Waals surface area (Å²) in [5.41, 5.74) is -0.164. The van der Waals surface area contributed by atoms with E-state index in [2.05, 4.69) is 28.9 Å². The number of carbonyl (C=O) groups is 3. The van der Waals surface area contributed by atoms with E-state index in [1.54, 1.807) is 7.11 Å². The zero-order valence-corrected chi connectivity index (χ0v) is 16.1. The van der Waals surface area contributed by atoms with E-state index >= 15 is 0 Å². The second-order valence-corrected chi connectivity index (χ2v) is 7.71. The van der Waals surface area contributed by atoms with Gasteiger partial charge < -0.3 is 19.8 Å². The van der Waals surface area contributed by atoms with Crippen molar-refractivity contribution in [3.63, 3.8) is 0 Å². The maximum absolute atomic E-state index is 13.0. The molecule has 8 nitrogen and oxygen atoms in total. The molecule has 0 saturated carbocycles. The monoisotopic (exact) mass is 382 g/mol. The second kappa shape index (κ2) is 9.32. The van der Waals surface area contributed by atoms with Crippen LogP contribution in [0.25, 0.3) is 0 Å². The van der Waals surface area contributed by atoms with Gasteiger partial charge in [0, 0.05) is 38.8 Å². The van der Waals surface area contributed by atoms with E-state index in [1.165, 1.54) is 12.8 Å². The molecule has 2 fully saturated rings. The van der Waals surface area contributed by atoms with Gasteiger partial charge in [0.1, 0.15) is 0 Å². The lowest BCUT2D eigenvalue weighted by Gasteiger charge is -2.44. The Bertz CT molecular complexity index is 567. The van der Waals surface area contributed by atoms with Crippen LogP contribution in [0.4, 0.5) is 0 Å². The molecule has 8 heteroatoms. The lowest BCUT2D eigenvalue weighted by molar-refractivity contribution is -0.159. The Labute approximate surface area is 159 Å². The number of fused-ring (bicyclic) bond motifs is 2. The third-order valence-corrected chi connectivity index (χ3v) is 5.77. The number of carboxylic acid groups (broad SMARTS) is 2. The van der Waals surface area contributed by atoms with Crippen molar-refractivity contribution in [3.05, 3.63) is 12.2 Å². The van der Waals surface area contributed by atoms with E-state index in [1.807, 2.05) is 0 Å². The summed E-state index contributed by atoms with van der Waals surface area (Å²) in [5, 5.41) is 14.8. The summed E-state index contributed by atoms with van der Waals surface area (Å²) in [5.74, 6) is -3.26. The second-order valence-electron chi connectivity index (χ2n) is 7.71. The van der Waals surface area contributed by atoms with Crippen molar-refractivity contribution in [2.24, 2.45) is 5.41 Å². The Balaban J connectivity index is 0.000000380. The molecule has 0 aromatic carbocycles. The average molecular weight is 382 g/mol. The van der Waals surface area contributed by atoms with Gasteiger partial charge in [-0.15, -0.1) is 0 Å². The highest BCUT2D eigenvalue weighted by atomic mass is 16.5. The molecule has 2 aliphatic heterocycles. The molecule has 1 aliphatic carbocycles. The quantitative estimate of drug-likeness (QED) is 0.556. The number of amides is 1. The van der Waals surface area contributed by atoms with Crippen LogP contribution in [0.3, 0.4) is 0 Å². The van der Waals surface area contributed by atoms with Crippen LogP contribution in [0.15, 0.2) is 12.2 Å². The predicted molar refractivity (Wildman–Crippen MR) is 98.3 cm³/mol. The Morgan fingerprint density at radius 3 is 2.15 bits per heavy atom. The van der Waals surface area contributed by atoms with Crippen molar-refractivity contribution in [1.29, 1.82) is 0 Å². The number of rotatable bonds is 4. The number of methoxy groups -OCH3 is 1. The fourth-order valence-corrected chi connectivity index (χ4v) is 4.26. The van der Waals surface area contributed by atoms with Crippen LogP contribution >= 0.6 is 0 Å². The maximum atomic E-state index is 13.0. The maximum Gasteiger partial charge on any atom is 0.414 e. The summed E-state index contributed by atoms with van der Waals surface area (Å²) in [6, 6.07) is 1.09. The summed E-state index contributed by atoms with van der Waals surface area (Å²) >= 11 is 0. The van der Waals surface area contributed by atoms with Gasteiger partial charge in [-0.3, -0.25) is 9.69 Å². The SMILES string of the molecule is COCCN1C2CCC1CN(C(=O)C1(C)CC=CCC1)C2.O=C(O)C(=O)O. The van der Waals surface area contributed by atoms with Crippen LogP contribution in [-0.4, -0.2) is 83.3 Å². The minimum absolute atomic E-state index is 0.164. The zero-order valence-electron chi connectivity index (χ0n) is 16.1. The molecule has 3 aliphatic rings.